The molecule has 0 saturated heterocycles. The van der Waals surface area contributed by atoms with Gasteiger partial charge in [0.05, 0.1) is 25.0 Å². The van der Waals surface area contributed by atoms with Gasteiger partial charge in [-0.1, -0.05) is 0 Å². The molecule has 0 spiro atoms. The quantitative estimate of drug-likeness (QED) is 0.492. The van der Waals surface area contributed by atoms with E-state index in [-0.39, 0.29) is 32.1 Å². The number of aliphatic hydroxyl groups excluding tert-OH is 3. The van der Waals surface area contributed by atoms with Crippen molar-refractivity contribution in [2.45, 2.75) is 33.0 Å². The van der Waals surface area contributed by atoms with Crippen molar-refractivity contribution in [3.63, 3.8) is 0 Å². The van der Waals surface area contributed by atoms with Crippen LogP contribution in [0.25, 0.3) is 0 Å². The Balaban J connectivity index is 3.20. The summed E-state index contributed by atoms with van der Waals surface area (Å²) in [5.74, 6) is -0.359. The van der Waals surface area contributed by atoms with Crippen molar-refractivity contribution in [2.24, 2.45) is 0 Å². The second-order valence-corrected chi connectivity index (χ2v) is 5.13. The first kappa shape index (κ1) is 17.6. The number of aromatic hydroxyl groups is 1. The van der Waals surface area contributed by atoms with Gasteiger partial charge in [0.2, 0.25) is 5.43 Å². The van der Waals surface area contributed by atoms with Crippen LogP contribution in [0.1, 0.15) is 18.3 Å². The fraction of sp³-hybridized carbons (Fsp3) is 0.643. The first-order valence-corrected chi connectivity index (χ1v) is 6.95. The summed E-state index contributed by atoms with van der Waals surface area (Å²) in [4.78, 5) is 13.5. The highest BCUT2D eigenvalue weighted by molar-refractivity contribution is 5.30. The maximum absolute atomic E-state index is 11.8. The third-order valence-electron chi connectivity index (χ3n) is 3.25. The normalized spacial score (nSPS) is 12.9. The van der Waals surface area contributed by atoms with E-state index in [1.54, 1.807) is 23.3 Å². The summed E-state index contributed by atoms with van der Waals surface area (Å²) in [5, 5.41) is 37.7. The topological polar surface area (TPSA) is 106 Å². The number of aliphatic hydroxyl groups is 3. The van der Waals surface area contributed by atoms with Crippen molar-refractivity contribution in [3.05, 3.63) is 27.7 Å². The van der Waals surface area contributed by atoms with Crippen LogP contribution in [0, 0.1) is 6.92 Å². The molecule has 1 heterocycles. The van der Waals surface area contributed by atoms with Gasteiger partial charge in [0.15, 0.2) is 5.75 Å². The molecule has 0 amide bonds. The first-order valence-electron chi connectivity index (χ1n) is 6.95. The van der Waals surface area contributed by atoms with Crippen LogP contribution in [-0.4, -0.2) is 62.3 Å². The highest BCUT2D eigenvalue weighted by atomic mass is 16.3. The molecule has 0 aliphatic rings. The molecule has 4 N–H and O–H groups in total. The van der Waals surface area contributed by atoms with Crippen LogP contribution in [0.15, 0.2) is 10.9 Å². The van der Waals surface area contributed by atoms with Gasteiger partial charge in [0.1, 0.15) is 0 Å². The molecule has 0 saturated carbocycles. The summed E-state index contributed by atoms with van der Waals surface area (Å²) in [7, 11) is 0. The Kier molecular flexibility index (Phi) is 6.83. The average molecular weight is 300 g/mol. The molecule has 120 valence electrons. The zero-order valence-corrected chi connectivity index (χ0v) is 12.5. The van der Waals surface area contributed by atoms with Gasteiger partial charge in [-0.2, -0.15) is 0 Å². The Hall–Kier alpha value is -1.41. The highest BCUT2D eigenvalue weighted by Crippen LogP contribution is 2.17. The Bertz CT molecular complexity index is 507. The Morgan fingerprint density at radius 1 is 1.29 bits per heavy atom. The lowest BCUT2D eigenvalue weighted by atomic mass is 10.2. The molecule has 0 aliphatic carbocycles. The fourth-order valence-electron chi connectivity index (χ4n) is 2.26. The van der Waals surface area contributed by atoms with Gasteiger partial charge in [-0.25, -0.2) is 0 Å². The number of hydrogen-bond donors (Lipinski definition) is 4. The van der Waals surface area contributed by atoms with E-state index < -0.39 is 11.5 Å². The number of rotatable bonds is 8. The minimum absolute atomic E-state index is 0.0901. The number of aromatic nitrogens is 1. The first-order chi connectivity index (χ1) is 9.90. The van der Waals surface area contributed by atoms with Crippen LogP contribution in [0.4, 0.5) is 0 Å². The van der Waals surface area contributed by atoms with Gasteiger partial charge >= 0.3 is 0 Å². The van der Waals surface area contributed by atoms with Gasteiger partial charge in [-0.3, -0.25) is 9.69 Å². The van der Waals surface area contributed by atoms with Gasteiger partial charge in [0.25, 0.3) is 0 Å². The molecule has 7 heteroatoms. The molecule has 21 heavy (non-hydrogen) atoms. The Morgan fingerprint density at radius 3 is 2.33 bits per heavy atom. The van der Waals surface area contributed by atoms with Crippen molar-refractivity contribution in [1.82, 2.24) is 9.47 Å². The van der Waals surface area contributed by atoms with E-state index in [2.05, 4.69) is 0 Å². The second-order valence-electron chi connectivity index (χ2n) is 5.13. The van der Waals surface area contributed by atoms with Crippen molar-refractivity contribution in [2.75, 3.05) is 26.3 Å². The predicted molar refractivity (Wildman–Crippen MR) is 78.2 cm³/mol. The number of nitrogens with zero attached hydrogens (tertiary/aromatic N) is 2. The van der Waals surface area contributed by atoms with Crippen molar-refractivity contribution < 1.29 is 20.4 Å². The highest BCUT2D eigenvalue weighted by Gasteiger charge is 2.17. The van der Waals surface area contributed by atoms with E-state index in [1.807, 2.05) is 0 Å². The molecule has 0 bridgehead atoms. The molecule has 1 aromatic rings. The van der Waals surface area contributed by atoms with E-state index >= 15 is 0 Å². The lowest BCUT2D eigenvalue weighted by Crippen LogP contribution is -2.32. The molecule has 0 radical (unpaired) electrons. The molecule has 7 nitrogen and oxygen atoms in total. The molecule has 1 aromatic heterocycles. The zero-order valence-electron chi connectivity index (χ0n) is 12.5. The second kappa shape index (κ2) is 8.14. The largest absolute Gasteiger partial charge is 0.503 e. The molecule has 0 aliphatic heterocycles. The van der Waals surface area contributed by atoms with Gasteiger partial charge in [-0.15, -0.1) is 0 Å². The Morgan fingerprint density at radius 2 is 1.86 bits per heavy atom. The minimum atomic E-state index is -0.631. The molecule has 1 unspecified atom stereocenters. The monoisotopic (exact) mass is 300 g/mol. The smallest absolute Gasteiger partial charge is 0.223 e. The lowest BCUT2D eigenvalue weighted by Gasteiger charge is -2.25. The number of pyridine rings is 1. The summed E-state index contributed by atoms with van der Waals surface area (Å²) < 4.78 is 1.68. The zero-order chi connectivity index (χ0) is 16.0. The predicted octanol–water partition coefficient (Wildman–Crippen LogP) is -0.970. The molecular weight excluding hydrogens is 276 g/mol. The summed E-state index contributed by atoms with van der Waals surface area (Å²) in [5.41, 5.74) is 0.543. The van der Waals surface area contributed by atoms with Gasteiger partial charge in [0, 0.05) is 37.9 Å². The summed E-state index contributed by atoms with van der Waals surface area (Å²) in [6.45, 7) is 4.26. The maximum atomic E-state index is 11.8. The van der Waals surface area contributed by atoms with Crippen LogP contribution in [0.3, 0.4) is 0 Å². The molecule has 0 aromatic carbocycles. The summed E-state index contributed by atoms with van der Waals surface area (Å²) in [6, 6.07) is 1.32. The van der Waals surface area contributed by atoms with Crippen molar-refractivity contribution >= 4 is 0 Å². The summed E-state index contributed by atoms with van der Waals surface area (Å²) >= 11 is 0. The van der Waals surface area contributed by atoms with E-state index in [0.717, 1.165) is 0 Å². The molecule has 1 atom stereocenters. The van der Waals surface area contributed by atoms with E-state index in [0.29, 0.717) is 24.5 Å². The average Bonchev–Trinajstić information content (AvgIpc) is 2.40. The van der Waals surface area contributed by atoms with Crippen LogP contribution in [0.2, 0.25) is 0 Å². The minimum Gasteiger partial charge on any atom is -0.503 e. The number of hydrogen-bond acceptors (Lipinski definition) is 6. The third-order valence-corrected chi connectivity index (χ3v) is 3.25. The fourth-order valence-corrected chi connectivity index (χ4v) is 2.26. The molecular formula is C14H24N2O5. The van der Waals surface area contributed by atoms with Crippen LogP contribution >= 0.6 is 0 Å². The third kappa shape index (κ3) is 4.82. The van der Waals surface area contributed by atoms with Gasteiger partial charge in [-0.05, 0) is 13.8 Å². The van der Waals surface area contributed by atoms with Gasteiger partial charge < -0.3 is 25.0 Å². The van der Waals surface area contributed by atoms with E-state index in [4.69, 9.17) is 10.2 Å². The lowest BCUT2D eigenvalue weighted by molar-refractivity contribution is 0.145. The number of aryl methyl sites for hydroxylation is 1. The Labute approximate surface area is 123 Å². The van der Waals surface area contributed by atoms with Crippen molar-refractivity contribution in [1.29, 1.82) is 0 Å². The SMILES string of the molecule is Cc1cc(=O)c(O)c(CN(CCO)CCO)n1CC(C)O. The standard InChI is InChI=1S/C14H24N2O5/c1-10-7-13(20)14(21)12(16(10)8-11(2)19)9-15(3-5-17)4-6-18/h7,11,17-19,21H,3-6,8-9H2,1-2H3. The summed E-state index contributed by atoms with van der Waals surface area (Å²) in [6.07, 6.45) is -0.631. The maximum Gasteiger partial charge on any atom is 0.223 e. The van der Waals surface area contributed by atoms with E-state index in [1.165, 1.54) is 6.07 Å². The van der Waals surface area contributed by atoms with Crippen LogP contribution < -0.4 is 5.43 Å². The molecule has 0 fully saturated rings. The van der Waals surface area contributed by atoms with Crippen molar-refractivity contribution in [3.8, 4) is 5.75 Å². The van der Waals surface area contributed by atoms with E-state index in [9.17, 15) is 15.0 Å². The molecule has 1 rings (SSSR count). The van der Waals surface area contributed by atoms with Crippen LogP contribution in [-0.2, 0) is 13.1 Å². The van der Waals surface area contributed by atoms with Crippen LogP contribution in [0.5, 0.6) is 5.75 Å².